The summed E-state index contributed by atoms with van der Waals surface area (Å²) in [7, 11) is 1.51. The van der Waals surface area contributed by atoms with Crippen LogP contribution in [0.1, 0.15) is 6.42 Å². The minimum absolute atomic E-state index is 0.213. The van der Waals surface area contributed by atoms with Gasteiger partial charge in [-0.1, -0.05) is 42.5 Å². The van der Waals surface area contributed by atoms with Gasteiger partial charge in [0.15, 0.2) is 18.1 Å². The quantitative estimate of drug-likeness (QED) is 0.581. The molecule has 3 amide bonds. The van der Waals surface area contributed by atoms with Crippen LogP contribution in [0.15, 0.2) is 78.9 Å². The molecule has 0 spiro atoms. The number of para-hydroxylation sites is 5. The number of hydrogen-bond acceptors (Lipinski definition) is 5. The first-order chi connectivity index (χ1) is 16.1. The molecular weight excluding hydrogens is 422 g/mol. The van der Waals surface area contributed by atoms with Crippen LogP contribution in [0.3, 0.4) is 0 Å². The Hall–Kier alpha value is -4.33. The van der Waals surface area contributed by atoms with Gasteiger partial charge in [0.2, 0.25) is 11.8 Å². The maximum absolute atomic E-state index is 13.3. The van der Waals surface area contributed by atoms with Crippen LogP contribution in [-0.2, 0) is 14.4 Å². The molecule has 8 heteroatoms. The summed E-state index contributed by atoms with van der Waals surface area (Å²) in [6.45, 7) is -0.335. The number of ether oxygens (including phenoxy) is 2. The van der Waals surface area contributed by atoms with Gasteiger partial charge in [0.1, 0.15) is 6.04 Å². The molecule has 33 heavy (non-hydrogen) atoms. The molecule has 0 saturated heterocycles. The van der Waals surface area contributed by atoms with Gasteiger partial charge in [0.25, 0.3) is 5.91 Å². The second-order valence-corrected chi connectivity index (χ2v) is 7.34. The van der Waals surface area contributed by atoms with Crippen molar-refractivity contribution >= 4 is 34.8 Å². The smallest absolute Gasteiger partial charge is 0.265 e. The zero-order valence-electron chi connectivity index (χ0n) is 18.0. The molecule has 0 aliphatic carbocycles. The van der Waals surface area contributed by atoms with Crippen LogP contribution in [0.2, 0.25) is 0 Å². The Bertz CT molecular complexity index is 1170. The van der Waals surface area contributed by atoms with Crippen LogP contribution in [0.25, 0.3) is 0 Å². The zero-order chi connectivity index (χ0) is 23.2. The summed E-state index contributed by atoms with van der Waals surface area (Å²) in [6.07, 6.45) is -0.213. The predicted molar refractivity (Wildman–Crippen MR) is 125 cm³/mol. The van der Waals surface area contributed by atoms with E-state index in [9.17, 15) is 14.4 Å². The van der Waals surface area contributed by atoms with Crippen molar-refractivity contribution in [1.29, 1.82) is 0 Å². The summed E-state index contributed by atoms with van der Waals surface area (Å²) in [5.41, 5.74) is 1.60. The fourth-order valence-electron chi connectivity index (χ4n) is 3.64. The number of carbonyl (C=O) groups excluding carboxylic acids is 3. The third kappa shape index (κ3) is 4.95. The molecule has 1 aliphatic heterocycles. The average molecular weight is 445 g/mol. The number of anilines is 3. The van der Waals surface area contributed by atoms with E-state index in [1.165, 1.54) is 12.0 Å². The van der Waals surface area contributed by atoms with Crippen LogP contribution in [0.5, 0.6) is 11.5 Å². The van der Waals surface area contributed by atoms with E-state index in [0.29, 0.717) is 28.6 Å². The van der Waals surface area contributed by atoms with Crippen LogP contribution in [0.4, 0.5) is 17.1 Å². The van der Waals surface area contributed by atoms with Crippen molar-refractivity contribution in [3.05, 3.63) is 78.9 Å². The van der Waals surface area contributed by atoms with Crippen LogP contribution < -0.4 is 25.0 Å². The number of nitrogens with one attached hydrogen (secondary N) is 2. The van der Waals surface area contributed by atoms with Crippen molar-refractivity contribution < 1.29 is 23.9 Å². The van der Waals surface area contributed by atoms with Gasteiger partial charge in [-0.25, -0.2) is 0 Å². The summed E-state index contributed by atoms with van der Waals surface area (Å²) in [5, 5.41) is 5.54. The molecule has 3 aromatic rings. The summed E-state index contributed by atoms with van der Waals surface area (Å²) >= 11 is 0. The molecule has 0 bridgehead atoms. The van der Waals surface area contributed by atoms with Crippen molar-refractivity contribution in [3.8, 4) is 11.5 Å². The highest BCUT2D eigenvalue weighted by Crippen LogP contribution is 2.33. The number of fused-ring (bicyclic) bond motifs is 1. The molecule has 0 aromatic heterocycles. The van der Waals surface area contributed by atoms with Gasteiger partial charge in [0, 0.05) is 5.69 Å². The molecule has 1 heterocycles. The molecular formula is C25H23N3O5. The molecule has 0 radical (unpaired) electrons. The van der Waals surface area contributed by atoms with E-state index < -0.39 is 17.9 Å². The largest absolute Gasteiger partial charge is 0.493 e. The van der Waals surface area contributed by atoms with Crippen LogP contribution >= 0.6 is 0 Å². The highest BCUT2D eigenvalue weighted by Gasteiger charge is 2.38. The van der Waals surface area contributed by atoms with E-state index in [4.69, 9.17) is 9.47 Å². The molecule has 168 valence electrons. The third-order valence-corrected chi connectivity index (χ3v) is 5.16. The Kier molecular flexibility index (Phi) is 6.54. The predicted octanol–water partition coefficient (Wildman–Crippen LogP) is 3.46. The second kappa shape index (κ2) is 9.86. The molecule has 1 atom stereocenters. The molecule has 1 unspecified atom stereocenters. The second-order valence-electron chi connectivity index (χ2n) is 7.34. The Morgan fingerprint density at radius 3 is 2.36 bits per heavy atom. The number of nitrogens with zero attached hydrogens (tertiary/aromatic N) is 1. The van der Waals surface area contributed by atoms with E-state index >= 15 is 0 Å². The fourth-order valence-corrected chi connectivity index (χ4v) is 3.64. The molecule has 0 fully saturated rings. The summed E-state index contributed by atoms with van der Waals surface area (Å²) in [4.78, 5) is 40.2. The van der Waals surface area contributed by atoms with E-state index in [2.05, 4.69) is 10.6 Å². The van der Waals surface area contributed by atoms with E-state index in [0.717, 1.165) is 0 Å². The Labute approximate surface area is 191 Å². The number of methoxy groups -OCH3 is 1. The lowest BCUT2D eigenvalue weighted by Gasteiger charge is -2.36. The summed E-state index contributed by atoms with van der Waals surface area (Å²) in [5.74, 6) is -0.394. The number of rotatable bonds is 7. The van der Waals surface area contributed by atoms with Gasteiger partial charge in [-0.2, -0.15) is 0 Å². The number of hydrogen-bond donors (Lipinski definition) is 2. The highest BCUT2D eigenvalue weighted by molar-refractivity contribution is 6.14. The Balaban J connectivity index is 1.56. The standard InChI is InChI=1S/C25H23N3O5/c1-32-21-13-7-8-14-22(21)33-16-24(30)28-19-12-6-5-11-18(19)27-25(31)20(28)15-23(29)26-17-9-3-2-4-10-17/h2-14,20H,15-16H2,1H3,(H,26,29)(H,27,31). The van der Waals surface area contributed by atoms with E-state index in [1.54, 1.807) is 72.8 Å². The van der Waals surface area contributed by atoms with Crippen molar-refractivity contribution in [3.63, 3.8) is 0 Å². The molecule has 2 N–H and O–H groups in total. The minimum atomic E-state index is -1.03. The third-order valence-electron chi connectivity index (χ3n) is 5.16. The van der Waals surface area contributed by atoms with Gasteiger partial charge in [-0.05, 0) is 36.4 Å². The van der Waals surface area contributed by atoms with Gasteiger partial charge >= 0.3 is 0 Å². The maximum atomic E-state index is 13.3. The Morgan fingerprint density at radius 1 is 0.939 bits per heavy atom. The summed E-state index contributed by atoms with van der Waals surface area (Å²) < 4.78 is 11.0. The fraction of sp³-hybridized carbons (Fsp3) is 0.160. The summed E-state index contributed by atoms with van der Waals surface area (Å²) in [6, 6.07) is 21.8. The lowest BCUT2D eigenvalue weighted by atomic mass is 10.0. The number of amides is 3. The SMILES string of the molecule is COc1ccccc1OCC(=O)N1c2ccccc2NC(=O)C1CC(=O)Nc1ccccc1. The van der Waals surface area contributed by atoms with Crippen LogP contribution in [0, 0.1) is 0 Å². The molecule has 4 rings (SSSR count). The van der Waals surface area contributed by atoms with Crippen molar-refractivity contribution in [2.75, 3.05) is 29.3 Å². The van der Waals surface area contributed by atoms with Crippen molar-refractivity contribution in [2.45, 2.75) is 12.5 Å². The van der Waals surface area contributed by atoms with Crippen LogP contribution in [-0.4, -0.2) is 37.5 Å². The van der Waals surface area contributed by atoms with Gasteiger partial charge < -0.3 is 20.1 Å². The first-order valence-electron chi connectivity index (χ1n) is 10.4. The van der Waals surface area contributed by atoms with Crippen molar-refractivity contribution in [2.24, 2.45) is 0 Å². The number of benzene rings is 3. The number of carbonyl (C=O) groups is 3. The highest BCUT2D eigenvalue weighted by atomic mass is 16.5. The van der Waals surface area contributed by atoms with Gasteiger partial charge in [-0.3, -0.25) is 19.3 Å². The van der Waals surface area contributed by atoms with Gasteiger partial charge in [0.05, 0.1) is 24.9 Å². The first kappa shape index (κ1) is 21.9. The molecule has 8 nitrogen and oxygen atoms in total. The topological polar surface area (TPSA) is 97.0 Å². The van der Waals surface area contributed by atoms with E-state index in [-0.39, 0.29) is 18.9 Å². The van der Waals surface area contributed by atoms with Gasteiger partial charge in [-0.15, -0.1) is 0 Å². The normalized spacial score (nSPS) is 14.6. The average Bonchev–Trinajstić information content (AvgIpc) is 2.83. The monoisotopic (exact) mass is 445 g/mol. The van der Waals surface area contributed by atoms with Crippen molar-refractivity contribution in [1.82, 2.24) is 0 Å². The molecule has 0 saturated carbocycles. The minimum Gasteiger partial charge on any atom is -0.493 e. The van der Waals surface area contributed by atoms with E-state index in [1.807, 2.05) is 6.07 Å². The molecule has 1 aliphatic rings. The lowest BCUT2D eigenvalue weighted by Crippen LogP contribution is -2.53. The lowest BCUT2D eigenvalue weighted by molar-refractivity contribution is -0.127. The zero-order valence-corrected chi connectivity index (χ0v) is 18.0. The molecule has 3 aromatic carbocycles. The Morgan fingerprint density at radius 2 is 1.61 bits per heavy atom. The maximum Gasteiger partial charge on any atom is 0.265 e. The first-order valence-corrected chi connectivity index (χ1v) is 10.4.